The summed E-state index contributed by atoms with van der Waals surface area (Å²) in [6.07, 6.45) is 6.18. The van der Waals surface area contributed by atoms with E-state index in [1.165, 1.54) is 18.4 Å². The third-order valence-electron chi connectivity index (χ3n) is 4.36. The summed E-state index contributed by atoms with van der Waals surface area (Å²) in [5, 5.41) is 8.70. The number of ether oxygens (including phenoxy) is 1. The van der Waals surface area contributed by atoms with Crippen molar-refractivity contribution in [2.24, 2.45) is 0 Å². The predicted octanol–water partition coefficient (Wildman–Crippen LogP) is 2.83. The smallest absolute Gasteiger partial charge is 0.203 e. The maximum atomic E-state index is 5.81. The fourth-order valence-corrected chi connectivity index (χ4v) is 2.76. The molecule has 0 atom stereocenters. The quantitative estimate of drug-likeness (QED) is 0.698. The number of hydrogen-bond donors (Lipinski definition) is 0. The summed E-state index contributed by atoms with van der Waals surface area (Å²) in [5.74, 6) is 3.34. The second-order valence-corrected chi connectivity index (χ2v) is 6.36. The molecule has 3 aromatic rings. The van der Waals surface area contributed by atoms with Gasteiger partial charge in [0.25, 0.3) is 0 Å². The first kappa shape index (κ1) is 14.9. The molecule has 0 spiro atoms. The summed E-state index contributed by atoms with van der Waals surface area (Å²) in [4.78, 5) is 6.55. The van der Waals surface area contributed by atoms with Gasteiger partial charge in [0.15, 0.2) is 5.82 Å². The number of anilines is 1. The van der Waals surface area contributed by atoms with Crippen LogP contribution in [0.2, 0.25) is 0 Å². The molecule has 1 aliphatic rings. The van der Waals surface area contributed by atoms with E-state index in [4.69, 9.17) is 4.74 Å². The molecule has 6 nitrogen and oxygen atoms in total. The number of nitrogens with zero attached hydrogens (tertiary/aromatic N) is 5. The molecule has 0 amide bonds. The molecule has 0 unspecified atom stereocenters. The highest BCUT2D eigenvalue weighted by molar-refractivity contribution is 5.63. The molecule has 1 aromatic carbocycles. The number of hydrogen-bond acceptors (Lipinski definition) is 5. The van der Waals surface area contributed by atoms with Crippen LogP contribution < -0.4 is 9.64 Å². The largest absolute Gasteiger partial charge is 0.492 e. The first-order valence-corrected chi connectivity index (χ1v) is 8.32. The Bertz CT molecular complexity index is 838. The summed E-state index contributed by atoms with van der Waals surface area (Å²) in [6.45, 7) is 3.39. The van der Waals surface area contributed by atoms with Crippen LogP contribution in [0.4, 0.5) is 5.82 Å². The minimum atomic E-state index is 0.561. The number of aromatic nitrogens is 4. The summed E-state index contributed by atoms with van der Waals surface area (Å²) in [6, 6.07) is 8.09. The molecule has 4 rings (SSSR count). The minimum absolute atomic E-state index is 0.561. The van der Waals surface area contributed by atoms with Crippen LogP contribution in [-0.2, 0) is 0 Å². The van der Waals surface area contributed by atoms with Crippen molar-refractivity contribution in [1.82, 2.24) is 19.6 Å². The van der Waals surface area contributed by atoms with Gasteiger partial charge in [0.2, 0.25) is 5.65 Å². The van der Waals surface area contributed by atoms with Gasteiger partial charge in [-0.2, -0.15) is 0 Å². The Morgan fingerprint density at radius 2 is 2.00 bits per heavy atom. The van der Waals surface area contributed by atoms with E-state index in [9.17, 15) is 0 Å². The van der Waals surface area contributed by atoms with Gasteiger partial charge in [0, 0.05) is 25.4 Å². The van der Waals surface area contributed by atoms with E-state index in [1.807, 2.05) is 31.6 Å². The maximum Gasteiger partial charge on any atom is 0.203 e. The van der Waals surface area contributed by atoms with Crippen LogP contribution in [-0.4, -0.2) is 39.8 Å². The van der Waals surface area contributed by atoms with E-state index in [1.54, 1.807) is 0 Å². The Morgan fingerprint density at radius 3 is 2.75 bits per heavy atom. The minimum Gasteiger partial charge on any atom is -0.492 e. The topological polar surface area (TPSA) is 55.5 Å². The second-order valence-electron chi connectivity index (χ2n) is 6.36. The van der Waals surface area contributed by atoms with Crippen LogP contribution in [0.5, 0.6) is 5.75 Å². The van der Waals surface area contributed by atoms with Crippen molar-refractivity contribution < 1.29 is 4.74 Å². The van der Waals surface area contributed by atoms with Crippen molar-refractivity contribution in [3.8, 4) is 5.75 Å². The first-order valence-electron chi connectivity index (χ1n) is 8.32. The fraction of sp³-hybridized carbons (Fsp3) is 0.389. The lowest BCUT2D eigenvalue weighted by Gasteiger charge is -2.18. The fourth-order valence-electron chi connectivity index (χ4n) is 2.76. The van der Waals surface area contributed by atoms with Gasteiger partial charge in [-0.1, -0.05) is 17.7 Å². The van der Waals surface area contributed by atoms with Crippen LogP contribution >= 0.6 is 0 Å². The zero-order chi connectivity index (χ0) is 16.5. The summed E-state index contributed by atoms with van der Waals surface area (Å²) in [7, 11) is 2.01. The Labute approximate surface area is 141 Å². The van der Waals surface area contributed by atoms with Crippen molar-refractivity contribution in [2.75, 3.05) is 25.1 Å². The van der Waals surface area contributed by atoms with Crippen LogP contribution in [0.15, 0.2) is 36.7 Å². The molecule has 1 fully saturated rings. The van der Waals surface area contributed by atoms with Gasteiger partial charge in [0.05, 0.1) is 6.54 Å². The summed E-state index contributed by atoms with van der Waals surface area (Å²) >= 11 is 0. The lowest BCUT2D eigenvalue weighted by molar-refractivity contribution is 0.325. The highest BCUT2D eigenvalue weighted by Crippen LogP contribution is 2.39. The van der Waals surface area contributed by atoms with Gasteiger partial charge < -0.3 is 9.64 Å². The number of aryl methyl sites for hydroxylation is 1. The molecule has 0 bridgehead atoms. The Kier molecular flexibility index (Phi) is 3.80. The summed E-state index contributed by atoms with van der Waals surface area (Å²) < 4.78 is 7.87. The lowest BCUT2D eigenvalue weighted by atomic mass is 10.2. The number of likely N-dealkylation sites (N-methyl/N-ethyl adjacent to an activating group) is 1. The van der Waals surface area contributed by atoms with E-state index < -0.39 is 0 Å². The lowest BCUT2D eigenvalue weighted by Crippen LogP contribution is -2.25. The van der Waals surface area contributed by atoms with E-state index in [0.29, 0.717) is 12.5 Å². The zero-order valence-electron chi connectivity index (χ0n) is 14.0. The van der Waals surface area contributed by atoms with Gasteiger partial charge in [-0.05, 0) is 31.9 Å². The third kappa shape index (κ3) is 2.91. The maximum absolute atomic E-state index is 5.81. The summed E-state index contributed by atoms with van der Waals surface area (Å²) in [5.41, 5.74) is 2.05. The number of rotatable bonds is 6. The molecule has 24 heavy (non-hydrogen) atoms. The van der Waals surface area contributed by atoms with Crippen molar-refractivity contribution >= 4 is 11.5 Å². The van der Waals surface area contributed by atoms with Gasteiger partial charge in [0.1, 0.15) is 18.2 Å². The number of fused-ring (bicyclic) bond motifs is 1. The molecular formula is C18H21N5O. The standard InChI is InChI=1S/C18H21N5O/c1-13-3-7-15(8-4-13)24-12-11-22(2)17-18-21-20-16(14-5-6-14)23(18)10-9-19-17/h3-4,7-10,14H,5-6,11-12H2,1-2H3. The monoisotopic (exact) mass is 323 g/mol. The highest BCUT2D eigenvalue weighted by Gasteiger charge is 2.29. The molecule has 0 N–H and O–H groups in total. The normalized spacial score (nSPS) is 14.1. The number of benzene rings is 1. The van der Waals surface area contributed by atoms with Gasteiger partial charge in [-0.3, -0.25) is 4.40 Å². The van der Waals surface area contributed by atoms with Crippen LogP contribution in [0.25, 0.3) is 5.65 Å². The molecule has 6 heteroatoms. The molecule has 2 aromatic heterocycles. The molecule has 0 radical (unpaired) electrons. The van der Waals surface area contributed by atoms with Gasteiger partial charge in [-0.15, -0.1) is 10.2 Å². The SMILES string of the molecule is Cc1ccc(OCCN(C)c2nccn3c(C4CC4)nnc23)cc1. The molecular weight excluding hydrogens is 302 g/mol. The van der Waals surface area contributed by atoms with E-state index >= 15 is 0 Å². The average molecular weight is 323 g/mol. The Balaban J connectivity index is 1.45. The van der Waals surface area contributed by atoms with Crippen LogP contribution in [0.1, 0.15) is 30.1 Å². The van der Waals surface area contributed by atoms with Crippen LogP contribution in [0.3, 0.4) is 0 Å². The zero-order valence-corrected chi connectivity index (χ0v) is 14.0. The van der Waals surface area contributed by atoms with Gasteiger partial charge >= 0.3 is 0 Å². The van der Waals surface area contributed by atoms with E-state index in [-0.39, 0.29) is 0 Å². The van der Waals surface area contributed by atoms with Crippen molar-refractivity contribution in [2.45, 2.75) is 25.7 Å². The molecule has 0 saturated heterocycles. The first-order chi connectivity index (χ1) is 11.7. The molecule has 1 aliphatic carbocycles. The average Bonchev–Trinajstić information content (AvgIpc) is 3.35. The Hall–Kier alpha value is -2.63. The van der Waals surface area contributed by atoms with Gasteiger partial charge in [-0.25, -0.2) is 4.98 Å². The molecule has 2 heterocycles. The highest BCUT2D eigenvalue weighted by atomic mass is 16.5. The molecule has 0 aliphatic heterocycles. The third-order valence-corrected chi connectivity index (χ3v) is 4.36. The van der Waals surface area contributed by atoms with E-state index in [0.717, 1.165) is 29.6 Å². The van der Waals surface area contributed by atoms with E-state index in [2.05, 4.69) is 43.5 Å². The van der Waals surface area contributed by atoms with Crippen LogP contribution in [0, 0.1) is 6.92 Å². The second kappa shape index (κ2) is 6.11. The van der Waals surface area contributed by atoms with Crippen molar-refractivity contribution in [3.63, 3.8) is 0 Å². The van der Waals surface area contributed by atoms with Crippen molar-refractivity contribution in [1.29, 1.82) is 0 Å². The Morgan fingerprint density at radius 1 is 1.21 bits per heavy atom. The predicted molar refractivity (Wildman–Crippen MR) is 92.7 cm³/mol. The van der Waals surface area contributed by atoms with Crippen molar-refractivity contribution in [3.05, 3.63) is 48.0 Å². The molecule has 1 saturated carbocycles. The molecule has 124 valence electrons.